The largest absolute Gasteiger partial charge is 0.338 e. The number of aryl methyl sites for hydroxylation is 1. The van der Waals surface area contributed by atoms with Crippen LogP contribution in [0, 0.1) is 6.92 Å². The number of amides is 2. The van der Waals surface area contributed by atoms with E-state index < -0.39 is 0 Å². The highest BCUT2D eigenvalue weighted by Gasteiger charge is 2.07. The fourth-order valence-corrected chi connectivity index (χ4v) is 2.16. The van der Waals surface area contributed by atoms with E-state index in [1.807, 2.05) is 50.2 Å². The van der Waals surface area contributed by atoms with Gasteiger partial charge in [-0.3, -0.25) is 5.32 Å². The zero-order valence-electron chi connectivity index (χ0n) is 13.0. The number of carbonyl (C=O) groups excluding carboxylic acids is 1. The molecule has 0 spiro atoms. The van der Waals surface area contributed by atoms with Crippen LogP contribution >= 0.6 is 0 Å². The Hall–Kier alpha value is -3.02. The van der Waals surface area contributed by atoms with Crippen LogP contribution in [0.1, 0.15) is 12.5 Å². The van der Waals surface area contributed by atoms with Gasteiger partial charge in [-0.05, 0) is 26.0 Å². The lowest BCUT2D eigenvalue weighted by molar-refractivity contribution is 0.252. The smallest absolute Gasteiger partial charge is 0.320 e. The molecule has 0 fully saturated rings. The molecule has 6 heteroatoms. The fraction of sp³-hybridized carbons (Fsp3) is 0.176. The summed E-state index contributed by atoms with van der Waals surface area (Å²) in [6.07, 6.45) is 1.52. The summed E-state index contributed by atoms with van der Waals surface area (Å²) in [4.78, 5) is 24.7. The summed E-state index contributed by atoms with van der Waals surface area (Å²) in [5.41, 5.74) is 4.21. The van der Waals surface area contributed by atoms with Crippen LogP contribution in [0.15, 0.2) is 42.6 Å². The monoisotopic (exact) mass is 307 g/mol. The SMILES string of the molecule is CCNC(=O)Nc1cnc2ccc(-c3ccc(C)cc3)nc2n1. The number of carbonyl (C=O) groups is 1. The molecule has 0 bridgehead atoms. The highest BCUT2D eigenvalue weighted by atomic mass is 16.2. The Labute approximate surface area is 134 Å². The third-order valence-electron chi connectivity index (χ3n) is 3.33. The van der Waals surface area contributed by atoms with E-state index in [0.717, 1.165) is 11.3 Å². The molecular weight excluding hydrogens is 290 g/mol. The van der Waals surface area contributed by atoms with Crippen LogP contribution in [0.25, 0.3) is 22.4 Å². The maximum atomic E-state index is 11.6. The van der Waals surface area contributed by atoms with Gasteiger partial charge >= 0.3 is 6.03 Å². The number of benzene rings is 1. The van der Waals surface area contributed by atoms with Gasteiger partial charge in [0.25, 0.3) is 0 Å². The number of urea groups is 1. The van der Waals surface area contributed by atoms with Crippen LogP contribution in [0.2, 0.25) is 0 Å². The van der Waals surface area contributed by atoms with Gasteiger partial charge in [0.05, 0.1) is 11.9 Å². The second kappa shape index (κ2) is 6.39. The van der Waals surface area contributed by atoms with Crippen molar-refractivity contribution < 1.29 is 4.79 Å². The van der Waals surface area contributed by atoms with E-state index >= 15 is 0 Å². The van der Waals surface area contributed by atoms with Crippen molar-refractivity contribution >= 4 is 23.0 Å². The van der Waals surface area contributed by atoms with Crippen molar-refractivity contribution in [2.75, 3.05) is 11.9 Å². The molecule has 0 saturated carbocycles. The minimum absolute atomic E-state index is 0.309. The third kappa shape index (κ3) is 3.42. The third-order valence-corrected chi connectivity index (χ3v) is 3.33. The van der Waals surface area contributed by atoms with Crippen LogP contribution in [-0.4, -0.2) is 27.5 Å². The molecule has 3 rings (SSSR count). The van der Waals surface area contributed by atoms with Gasteiger partial charge in [0.15, 0.2) is 11.5 Å². The molecule has 0 radical (unpaired) electrons. The summed E-state index contributed by atoms with van der Waals surface area (Å²) in [5.74, 6) is 0.372. The average Bonchev–Trinajstić information content (AvgIpc) is 2.55. The molecule has 2 aromatic heterocycles. The average molecular weight is 307 g/mol. The second-order valence-electron chi connectivity index (χ2n) is 5.14. The van der Waals surface area contributed by atoms with E-state index in [9.17, 15) is 4.79 Å². The molecule has 1 aromatic carbocycles. The number of anilines is 1. The lowest BCUT2D eigenvalue weighted by atomic mass is 10.1. The molecule has 0 atom stereocenters. The van der Waals surface area contributed by atoms with Crippen molar-refractivity contribution in [1.82, 2.24) is 20.3 Å². The van der Waals surface area contributed by atoms with E-state index in [0.29, 0.717) is 23.5 Å². The van der Waals surface area contributed by atoms with Crippen molar-refractivity contribution in [3.05, 3.63) is 48.2 Å². The molecule has 116 valence electrons. The zero-order valence-corrected chi connectivity index (χ0v) is 13.0. The Morgan fingerprint density at radius 3 is 2.61 bits per heavy atom. The fourth-order valence-electron chi connectivity index (χ4n) is 2.16. The zero-order chi connectivity index (χ0) is 16.2. The summed E-state index contributed by atoms with van der Waals surface area (Å²) < 4.78 is 0. The van der Waals surface area contributed by atoms with Crippen molar-refractivity contribution in [3.8, 4) is 11.3 Å². The summed E-state index contributed by atoms with van der Waals surface area (Å²) in [6, 6.07) is 11.6. The number of nitrogens with one attached hydrogen (secondary N) is 2. The predicted octanol–water partition coefficient (Wildman–Crippen LogP) is 3.14. The van der Waals surface area contributed by atoms with Crippen LogP contribution in [0.3, 0.4) is 0 Å². The topological polar surface area (TPSA) is 79.8 Å². The highest BCUT2D eigenvalue weighted by molar-refractivity contribution is 5.89. The quantitative estimate of drug-likeness (QED) is 0.779. The van der Waals surface area contributed by atoms with Crippen molar-refractivity contribution in [3.63, 3.8) is 0 Å². The van der Waals surface area contributed by atoms with E-state index in [2.05, 4.69) is 25.6 Å². The molecule has 0 saturated heterocycles. The molecular formula is C17H17N5O. The van der Waals surface area contributed by atoms with Gasteiger partial charge in [-0.15, -0.1) is 0 Å². The van der Waals surface area contributed by atoms with E-state index in [1.54, 1.807) is 0 Å². The lowest BCUT2D eigenvalue weighted by Gasteiger charge is -2.06. The Bertz CT molecular complexity index is 845. The minimum Gasteiger partial charge on any atom is -0.338 e. The number of aromatic nitrogens is 3. The number of hydrogen-bond acceptors (Lipinski definition) is 4. The van der Waals surface area contributed by atoms with Gasteiger partial charge in [0, 0.05) is 12.1 Å². The summed E-state index contributed by atoms with van der Waals surface area (Å²) in [5, 5.41) is 5.28. The molecule has 23 heavy (non-hydrogen) atoms. The van der Waals surface area contributed by atoms with Gasteiger partial charge in [0.1, 0.15) is 5.52 Å². The van der Waals surface area contributed by atoms with Crippen LogP contribution in [0.4, 0.5) is 10.6 Å². The number of nitrogens with zero attached hydrogens (tertiary/aromatic N) is 3. The van der Waals surface area contributed by atoms with E-state index in [1.165, 1.54) is 11.8 Å². The first-order valence-corrected chi connectivity index (χ1v) is 7.41. The maximum absolute atomic E-state index is 11.6. The van der Waals surface area contributed by atoms with Crippen molar-refractivity contribution in [2.24, 2.45) is 0 Å². The van der Waals surface area contributed by atoms with Gasteiger partial charge in [-0.2, -0.15) is 0 Å². The second-order valence-corrected chi connectivity index (χ2v) is 5.14. The van der Waals surface area contributed by atoms with Gasteiger partial charge in [0.2, 0.25) is 0 Å². The molecule has 2 amide bonds. The first kappa shape index (κ1) is 14.9. The molecule has 0 aliphatic carbocycles. The Morgan fingerprint density at radius 2 is 1.87 bits per heavy atom. The van der Waals surface area contributed by atoms with E-state index in [-0.39, 0.29) is 6.03 Å². The van der Waals surface area contributed by atoms with Crippen LogP contribution < -0.4 is 10.6 Å². The predicted molar refractivity (Wildman–Crippen MR) is 90.2 cm³/mol. The lowest BCUT2D eigenvalue weighted by Crippen LogP contribution is -2.28. The van der Waals surface area contributed by atoms with E-state index in [4.69, 9.17) is 0 Å². The molecule has 6 nitrogen and oxygen atoms in total. The first-order valence-electron chi connectivity index (χ1n) is 7.41. The number of rotatable bonds is 3. The molecule has 0 aliphatic heterocycles. The summed E-state index contributed by atoms with van der Waals surface area (Å²) in [7, 11) is 0. The molecule has 3 aromatic rings. The Kier molecular flexibility index (Phi) is 4.14. The van der Waals surface area contributed by atoms with Gasteiger partial charge < -0.3 is 5.32 Å². The van der Waals surface area contributed by atoms with Gasteiger partial charge in [-0.25, -0.2) is 19.7 Å². The molecule has 0 aliphatic rings. The minimum atomic E-state index is -0.309. The van der Waals surface area contributed by atoms with Crippen molar-refractivity contribution in [2.45, 2.75) is 13.8 Å². The first-order chi connectivity index (χ1) is 11.2. The Morgan fingerprint density at radius 1 is 1.09 bits per heavy atom. The molecule has 2 heterocycles. The maximum Gasteiger partial charge on any atom is 0.320 e. The highest BCUT2D eigenvalue weighted by Crippen LogP contribution is 2.20. The standard InChI is InChI=1S/C17H17N5O/c1-3-18-17(23)22-15-10-19-14-9-8-13(20-16(14)21-15)12-6-4-11(2)5-7-12/h4-10H,3H2,1-2H3,(H2,18,20,21,22,23). The number of pyridine rings is 1. The normalized spacial score (nSPS) is 10.5. The van der Waals surface area contributed by atoms with Crippen LogP contribution in [-0.2, 0) is 0 Å². The molecule has 0 unspecified atom stereocenters. The van der Waals surface area contributed by atoms with Gasteiger partial charge in [-0.1, -0.05) is 29.8 Å². The number of fused-ring (bicyclic) bond motifs is 1. The summed E-state index contributed by atoms with van der Waals surface area (Å²) >= 11 is 0. The molecule has 2 N–H and O–H groups in total. The Balaban J connectivity index is 1.94. The van der Waals surface area contributed by atoms with Crippen molar-refractivity contribution in [1.29, 1.82) is 0 Å². The van der Waals surface area contributed by atoms with Crippen LogP contribution in [0.5, 0.6) is 0 Å². The number of hydrogen-bond donors (Lipinski definition) is 2. The summed E-state index contributed by atoms with van der Waals surface area (Å²) in [6.45, 7) is 4.44.